The monoisotopic (exact) mass is 746 g/mol. The molecular weight excluding hydrogens is 688 g/mol. The van der Waals surface area contributed by atoms with E-state index in [0.29, 0.717) is 123 Å². The maximum Gasteiger partial charge on any atom is 0.338 e. The summed E-state index contributed by atoms with van der Waals surface area (Å²) in [5.41, 5.74) is 1.62. The first-order valence-electron chi connectivity index (χ1n) is 18.0. The molecule has 53 heavy (non-hydrogen) atoms. The quantitative estimate of drug-likeness (QED) is 0.0618. The van der Waals surface area contributed by atoms with E-state index in [9.17, 15) is 9.59 Å². The summed E-state index contributed by atoms with van der Waals surface area (Å²) in [7, 11) is 0. The van der Waals surface area contributed by atoms with Crippen LogP contribution in [0.1, 0.15) is 48.7 Å². The van der Waals surface area contributed by atoms with Gasteiger partial charge in [-0.25, -0.2) is 4.79 Å². The lowest BCUT2D eigenvalue weighted by Crippen LogP contribution is -2.24. The third-order valence-corrected chi connectivity index (χ3v) is 6.56. The molecule has 0 N–H and O–H groups in total. The Labute approximate surface area is 314 Å². The molecule has 2 aromatic carbocycles. The minimum Gasteiger partial charge on any atom is -0.460 e. The number of rotatable bonds is 31. The summed E-state index contributed by atoms with van der Waals surface area (Å²) in [5.74, 6) is 5.29. The molecule has 13 nitrogen and oxygen atoms in total. The van der Waals surface area contributed by atoms with Crippen molar-refractivity contribution >= 4 is 11.9 Å². The smallest absolute Gasteiger partial charge is 0.338 e. The van der Waals surface area contributed by atoms with Crippen LogP contribution in [-0.2, 0) is 63.5 Å². The van der Waals surface area contributed by atoms with Crippen LogP contribution in [-0.4, -0.2) is 136 Å². The van der Waals surface area contributed by atoms with E-state index in [2.05, 4.69) is 11.8 Å². The molecule has 0 atom stereocenters. The van der Waals surface area contributed by atoms with Crippen molar-refractivity contribution in [3.05, 3.63) is 71.3 Å². The predicted molar refractivity (Wildman–Crippen MR) is 197 cm³/mol. The zero-order valence-corrected chi connectivity index (χ0v) is 31.6. The number of carbonyl (C=O) groups excluding carboxylic acids is 2. The van der Waals surface area contributed by atoms with Gasteiger partial charge in [0, 0.05) is 5.56 Å². The van der Waals surface area contributed by atoms with Gasteiger partial charge < -0.3 is 52.1 Å². The lowest BCUT2D eigenvalue weighted by atomic mass is 10.1. The first kappa shape index (κ1) is 45.7. The summed E-state index contributed by atoms with van der Waals surface area (Å²) in [6.45, 7) is 13.6. The lowest BCUT2D eigenvalue weighted by molar-refractivity contribution is -0.156. The van der Waals surface area contributed by atoms with Gasteiger partial charge in [0.15, 0.2) is 0 Å². The van der Waals surface area contributed by atoms with Gasteiger partial charge in [-0.1, -0.05) is 48.2 Å². The number of esters is 2. The van der Waals surface area contributed by atoms with E-state index >= 15 is 0 Å². The zero-order valence-electron chi connectivity index (χ0n) is 31.6. The van der Waals surface area contributed by atoms with Crippen LogP contribution in [0.2, 0.25) is 0 Å². The van der Waals surface area contributed by atoms with Crippen LogP contribution in [0.3, 0.4) is 0 Å². The number of ether oxygens (including phenoxy) is 11. The fraction of sp³-hybridized carbons (Fsp3) is 0.600. The first-order valence-corrected chi connectivity index (χ1v) is 18.0. The number of carbonyl (C=O) groups is 2. The highest BCUT2D eigenvalue weighted by Gasteiger charge is 2.15. The number of benzene rings is 2. The van der Waals surface area contributed by atoms with Crippen molar-refractivity contribution < 1.29 is 61.7 Å². The first-order chi connectivity index (χ1) is 25.8. The average molecular weight is 747 g/mol. The van der Waals surface area contributed by atoms with Crippen LogP contribution in [0.15, 0.2) is 54.6 Å². The molecule has 0 radical (unpaired) electrons. The fourth-order valence-corrected chi connectivity index (χ4v) is 4.10. The second-order valence-electron chi connectivity index (χ2n) is 12.2. The predicted octanol–water partition coefficient (Wildman–Crippen LogP) is 4.28. The average Bonchev–Trinajstić information content (AvgIpc) is 3.14. The van der Waals surface area contributed by atoms with Gasteiger partial charge in [-0.2, -0.15) is 0 Å². The van der Waals surface area contributed by atoms with Crippen LogP contribution in [0.4, 0.5) is 0 Å². The third kappa shape index (κ3) is 27.8. The highest BCUT2D eigenvalue weighted by molar-refractivity contribution is 5.89. The van der Waals surface area contributed by atoms with E-state index in [1.807, 2.05) is 57.2 Å². The summed E-state index contributed by atoms with van der Waals surface area (Å²) in [5, 5.41) is 0. The van der Waals surface area contributed by atoms with Gasteiger partial charge in [-0.05, 0) is 44.5 Å². The second kappa shape index (κ2) is 31.0. The van der Waals surface area contributed by atoms with Crippen molar-refractivity contribution in [3.63, 3.8) is 0 Å². The van der Waals surface area contributed by atoms with Crippen LogP contribution >= 0.6 is 0 Å². The van der Waals surface area contributed by atoms with Crippen molar-refractivity contribution in [2.45, 2.75) is 39.4 Å². The van der Waals surface area contributed by atoms with Crippen molar-refractivity contribution in [2.75, 3.05) is 119 Å². The summed E-state index contributed by atoms with van der Waals surface area (Å²) in [6.07, 6.45) is 0.226. The molecule has 2 rings (SSSR count). The summed E-state index contributed by atoms with van der Waals surface area (Å²) < 4.78 is 59.8. The van der Waals surface area contributed by atoms with Crippen molar-refractivity contribution in [3.8, 4) is 11.8 Å². The van der Waals surface area contributed by atoms with Gasteiger partial charge in [0.05, 0.1) is 124 Å². The molecule has 0 aliphatic carbocycles. The van der Waals surface area contributed by atoms with Gasteiger partial charge in [-0.15, -0.1) is 0 Å². The van der Waals surface area contributed by atoms with E-state index < -0.39 is 5.60 Å². The Bertz CT molecular complexity index is 1270. The Morgan fingerprint density at radius 1 is 0.547 bits per heavy atom. The molecule has 13 heteroatoms. The van der Waals surface area contributed by atoms with E-state index in [-0.39, 0.29) is 31.6 Å². The third-order valence-electron chi connectivity index (χ3n) is 6.56. The normalized spacial score (nSPS) is 11.2. The molecule has 0 saturated heterocycles. The molecule has 0 unspecified atom stereocenters. The van der Waals surface area contributed by atoms with Gasteiger partial charge in [0.1, 0.15) is 18.8 Å². The molecule has 296 valence electrons. The van der Waals surface area contributed by atoms with E-state index in [4.69, 9.17) is 52.1 Å². The zero-order chi connectivity index (χ0) is 38.1. The van der Waals surface area contributed by atoms with Gasteiger partial charge >= 0.3 is 11.9 Å². The molecule has 0 amide bonds. The molecule has 0 saturated carbocycles. The second-order valence-corrected chi connectivity index (χ2v) is 12.2. The highest BCUT2D eigenvalue weighted by atomic mass is 16.6. The fourth-order valence-electron chi connectivity index (χ4n) is 4.10. The minimum atomic E-state index is -0.480. The maximum atomic E-state index is 12.4. The Balaban J connectivity index is 1.25. The summed E-state index contributed by atoms with van der Waals surface area (Å²) in [4.78, 5) is 23.9. The summed E-state index contributed by atoms with van der Waals surface area (Å²) >= 11 is 0. The van der Waals surface area contributed by atoms with E-state index in [1.165, 1.54) is 0 Å². The van der Waals surface area contributed by atoms with Crippen molar-refractivity contribution in [2.24, 2.45) is 0 Å². The van der Waals surface area contributed by atoms with Crippen LogP contribution in [0.25, 0.3) is 0 Å². The van der Waals surface area contributed by atoms with E-state index in [1.54, 1.807) is 18.2 Å². The molecule has 0 aliphatic rings. The van der Waals surface area contributed by atoms with Gasteiger partial charge in [0.25, 0.3) is 0 Å². The standard InChI is InChI=1S/C40H58O13/c1-40(2,3)53-38(41)14-16-44-18-20-46-22-24-48-26-28-50-30-32-51-31-29-49-27-25-47-23-21-45-19-17-43-15-8-12-35-11-7-13-37(33-35)39(42)52-34-36-9-5-4-6-10-36/h4-7,9-11,13,33H,14-32,34H2,1-3H3. The topological polar surface area (TPSA) is 136 Å². The van der Waals surface area contributed by atoms with Gasteiger partial charge in [-0.3, -0.25) is 4.79 Å². The Kier molecular flexibility index (Phi) is 26.7. The number of hydrogen-bond acceptors (Lipinski definition) is 13. The molecule has 0 heterocycles. The minimum absolute atomic E-state index is 0.222. The van der Waals surface area contributed by atoms with Crippen molar-refractivity contribution in [1.82, 2.24) is 0 Å². The lowest BCUT2D eigenvalue weighted by Gasteiger charge is -2.19. The molecule has 0 spiro atoms. The Hall–Kier alpha value is -3.42. The van der Waals surface area contributed by atoms with Crippen LogP contribution in [0, 0.1) is 11.8 Å². The van der Waals surface area contributed by atoms with Crippen LogP contribution < -0.4 is 0 Å². The van der Waals surface area contributed by atoms with Crippen molar-refractivity contribution in [1.29, 1.82) is 0 Å². The Morgan fingerprint density at radius 2 is 1.00 bits per heavy atom. The maximum absolute atomic E-state index is 12.4. The molecule has 0 aromatic heterocycles. The SMILES string of the molecule is CC(C)(C)OC(=O)CCOCCOCCOCCOCCOCCOCCOCCOCCOCC#Cc1cccc(C(=O)OCc2ccccc2)c1. The molecule has 0 bridgehead atoms. The Morgan fingerprint density at radius 3 is 1.47 bits per heavy atom. The molecular formula is C40H58O13. The largest absolute Gasteiger partial charge is 0.460 e. The van der Waals surface area contributed by atoms with Crippen LogP contribution in [0.5, 0.6) is 0 Å². The van der Waals surface area contributed by atoms with Gasteiger partial charge in [0.2, 0.25) is 0 Å². The molecule has 0 fully saturated rings. The molecule has 2 aromatic rings. The summed E-state index contributed by atoms with van der Waals surface area (Å²) in [6, 6.07) is 16.6. The highest BCUT2D eigenvalue weighted by Crippen LogP contribution is 2.09. The van der Waals surface area contributed by atoms with E-state index in [0.717, 1.165) is 5.56 Å². The number of hydrogen-bond donors (Lipinski definition) is 0. The molecule has 0 aliphatic heterocycles.